The lowest BCUT2D eigenvalue weighted by molar-refractivity contribution is 0.223. The highest BCUT2D eigenvalue weighted by molar-refractivity contribution is 5.46. The number of benzene rings is 1. The van der Waals surface area contributed by atoms with Crippen LogP contribution in [0, 0.1) is 6.92 Å². The summed E-state index contributed by atoms with van der Waals surface area (Å²) in [6.07, 6.45) is 0. The number of hydrogen-bond donors (Lipinski definition) is 2. The van der Waals surface area contributed by atoms with Crippen LogP contribution in [0.4, 0.5) is 5.95 Å². The lowest BCUT2D eigenvalue weighted by atomic mass is 9.93. The van der Waals surface area contributed by atoms with Gasteiger partial charge in [-0.25, -0.2) is 4.52 Å². The highest BCUT2D eigenvalue weighted by Gasteiger charge is 2.27. The van der Waals surface area contributed by atoms with Crippen molar-refractivity contribution in [3.8, 4) is 0 Å². The third-order valence-corrected chi connectivity index (χ3v) is 3.66. The van der Waals surface area contributed by atoms with Crippen molar-refractivity contribution >= 4 is 11.6 Å². The zero-order valence-corrected chi connectivity index (χ0v) is 12.1. The van der Waals surface area contributed by atoms with Crippen LogP contribution < -0.4 is 5.32 Å². The number of pyridine rings is 1. The van der Waals surface area contributed by atoms with E-state index in [9.17, 15) is 5.11 Å². The number of aliphatic hydroxyl groups excluding tert-OH is 1. The Hall–Kier alpha value is -2.40. The fourth-order valence-corrected chi connectivity index (χ4v) is 2.34. The van der Waals surface area contributed by atoms with E-state index in [4.69, 9.17) is 0 Å². The summed E-state index contributed by atoms with van der Waals surface area (Å²) in [5, 5.41) is 17.5. The normalized spacial score (nSPS) is 14.0. The van der Waals surface area contributed by atoms with Gasteiger partial charge >= 0.3 is 0 Å². The minimum Gasteiger partial charge on any atom is -0.394 e. The largest absolute Gasteiger partial charge is 0.394 e. The van der Waals surface area contributed by atoms with E-state index >= 15 is 0 Å². The van der Waals surface area contributed by atoms with Gasteiger partial charge in [-0.2, -0.15) is 4.98 Å². The quantitative estimate of drug-likeness (QED) is 0.771. The fourth-order valence-electron chi connectivity index (χ4n) is 2.34. The Bertz CT molecular complexity index is 753. The van der Waals surface area contributed by atoms with Gasteiger partial charge in [0.05, 0.1) is 12.1 Å². The maximum atomic E-state index is 9.80. The van der Waals surface area contributed by atoms with Gasteiger partial charge in [0, 0.05) is 5.69 Å². The minimum atomic E-state index is -0.625. The summed E-state index contributed by atoms with van der Waals surface area (Å²) in [6.45, 7) is 3.86. The first-order chi connectivity index (χ1) is 10.1. The number of rotatable bonds is 4. The molecule has 2 heterocycles. The van der Waals surface area contributed by atoms with Crippen molar-refractivity contribution in [3.63, 3.8) is 0 Å². The molecule has 2 aromatic heterocycles. The molecule has 0 aliphatic rings. The minimum absolute atomic E-state index is 0.0501. The number of hydrogen-bond acceptors (Lipinski definition) is 4. The molecule has 21 heavy (non-hydrogen) atoms. The van der Waals surface area contributed by atoms with Gasteiger partial charge in [-0.15, -0.1) is 5.10 Å². The van der Waals surface area contributed by atoms with E-state index in [0.29, 0.717) is 5.95 Å². The zero-order valence-electron chi connectivity index (χ0n) is 12.1. The van der Waals surface area contributed by atoms with Crippen molar-refractivity contribution < 1.29 is 5.11 Å². The molecule has 2 N–H and O–H groups in total. The highest BCUT2D eigenvalue weighted by Crippen LogP contribution is 2.24. The first-order valence-electron chi connectivity index (χ1n) is 6.89. The molecule has 0 aliphatic carbocycles. The van der Waals surface area contributed by atoms with Gasteiger partial charge < -0.3 is 10.4 Å². The zero-order chi connectivity index (χ0) is 14.9. The lowest BCUT2D eigenvalue weighted by Gasteiger charge is -2.28. The first kappa shape index (κ1) is 13.6. The number of aliphatic hydroxyl groups is 1. The van der Waals surface area contributed by atoms with Crippen molar-refractivity contribution in [2.75, 3.05) is 11.9 Å². The highest BCUT2D eigenvalue weighted by atomic mass is 16.3. The molecule has 3 rings (SSSR count). The van der Waals surface area contributed by atoms with Crippen molar-refractivity contribution in [2.45, 2.75) is 19.4 Å². The molecule has 0 bridgehead atoms. The fraction of sp³-hybridized carbons (Fsp3) is 0.250. The Morgan fingerprint density at radius 2 is 1.90 bits per heavy atom. The molecule has 1 unspecified atom stereocenters. The van der Waals surface area contributed by atoms with Gasteiger partial charge in [-0.1, -0.05) is 36.4 Å². The summed E-state index contributed by atoms with van der Waals surface area (Å²) in [5.74, 6) is 0.504. The van der Waals surface area contributed by atoms with Gasteiger partial charge in [-0.3, -0.25) is 0 Å². The van der Waals surface area contributed by atoms with E-state index in [1.807, 2.05) is 62.4 Å². The topological polar surface area (TPSA) is 62.5 Å². The van der Waals surface area contributed by atoms with Crippen LogP contribution in [0.1, 0.15) is 18.2 Å². The number of aromatic nitrogens is 3. The van der Waals surface area contributed by atoms with Crippen molar-refractivity contribution in [1.29, 1.82) is 0 Å². The third kappa shape index (κ3) is 2.48. The Morgan fingerprint density at radius 1 is 1.14 bits per heavy atom. The first-order valence-corrected chi connectivity index (χ1v) is 6.89. The summed E-state index contributed by atoms with van der Waals surface area (Å²) in [5.41, 5.74) is 2.16. The number of nitrogens with one attached hydrogen (secondary N) is 1. The molecule has 5 heteroatoms. The predicted molar refractivity (Wildman–Crippen MR) is 82.2 cm³/mol. The molecular weight excluding hydrogens is 264 g/mol. The molecule has 0 radical (unpaired) electrons. The molecule has 108 valence electrons. The average Bonchev–Trinajstić information content (AvgIpc) is 2.92. The number of aryl methyl sites for hydroxylation is 1. The van der Waals surface area contributed by atoms with Crippen LogP contribution in [0.15, 0.2) is 48.5 Å². The molecule has 1 aromatic carbocycles. The average molecular weight is 282 g/mol. The second-order valence-corrected chi connectivity index (χ2v) is 5.35. The Kier molecular flexibility index (Phi) is 3.35. The summed E-state index contributed by atoms with van der Waals surface area (Å²) in [4.78, 5) is 4.46. The van der Waals surface area contributed by atoms with E-state index in [1.54, 1.807) is 4.52 Å². The van der Waals surface area contributed by atoms with Crippen LogP contribution in [-0.4, -0.2) is 26.3 Å². The van der Waals surface area contributed by atoms with Gasteiger partial charge in [-0.05, 0) is 31.5 Å². The molecule has 0 amide bonds. The molecule has 0 fully saturated rings. The smallest absolute Gasteiger partial charge is 0.243 e. The molecule has 5 nitrogen and oxygen atoms in total. The molecule has 0 spiro atoms. The number of nitrogens with zero attached hydrogens (tertiary/aromatic N) is 3. The van der Waals surface area contributed by atoms with E-state index in [1.165, 1.54) is 0 Å². The number of anilines is 1. The van der Waals surface area contributed by atoms with E-state index in [0.717, 1.165) is 16.9 Å². The summed E-state index contributed by atoms with van der Waals surface area (Å²) < 4.78 is 1.78. The van der Waals surface area contributed by atoms with Gasteiger partial charge in [0.15, 0.2) is 5.65 Å². The summed E-state index contributed by atoms with van der Waals surface area (Å²) in [7, 11) is 0. The van der Waals surface area contributed by atoms with Gasteiger partial charge in [0.1, 0.15) is 0 Å². The van der Waals surface area contributed by atoms with E-state index in [2.05, 4.69) is 15.4 Å². The van der Waals surface area contributed by atoms with Crippen molar-refractivity contribution in [3.05, 3.63) is 59.8 Å². The molecule has 0 saturated carbocycles. The Balaban J connectivity index is 1.98. The molecule has 3 aromatic rings. The second-order valence-electron chi connectivity index (χ2n) is 5.35. The van der Waals surface area contributed by atoms with E-state index < -0.39 is 5.54 Å². The Morgan fingerprint density at radius 3 is 2.57 bits per heavy atom. The van der Waals surface area contributed by atoms with Crippen LogP contribution in [-0.2, 0) is 5.54 Å². The second kappa shape index (κ2) is 5.18. The van der Waals surface area contributed by atoms with Crippen LogP contribution >= 0.6 is 0 Å². The summed E-state index contributed by atoms with van der Waals surface area (Å²) >= 11 is 0. The molecule has 0 saturated heterocycles. The maximum absolute atomic E-state index is 9.80. The Labute approximate surface area is 123 Å². The van der Waals surface area contributed by atoms with Crippen LogP contribution in [0.3, 0.4) is 0 Å². The lowest BCUT2D eigenvalue weighted by Crippen LogP contribution is -2.36. The standard InChI is InChI=1S/C16H18N4O/c1-12-7-6-10-14-17-15(19-20(12)14)18-16(2,11-21)13-8-4-3-5-9-13/h3-10,21H,11H2,1-2H3,(H,18,19). The molecular formula is C16H18N4O. The van der Waals surface area contributed by atoms with Crippen molar-refractivity contribution in [2.24, 2.45) is 0 Å². The van der Waals surface area contributed by atoms with Gasteiger partial charge in [0.25, 0.3) is 0 Å². The van der Waals surface area contributed by atoms with Gasteiger partial charge in [0.2, 0.25) is 5.95 Å². The predicted octanol–water partition coefficient (Wildman–Crippen LogP) is 2.36. The number of fused-ring (bicyclic) bond motifs is 1. The van der Waals surface area contributed by atoms with Crippen LogP contribution in [0.25, 0.3) is 5.65 Å². The third-order valence-electron chi connectivity index (χ3n) is 3.66. The maximum Gasteiger partial charge on any atom is 0.243 e. The van der Waals surface area contributed by atoms with Crippen molar-refractivity contribution in [1.82, 2.24) is 14.6 Å². The summed E-state index contributed by atoms with van der Waals surface area (Å²) in [6, 6.07) is 15.6. The SMILES string of the molecule is Cc1cccc2nc(NC(C)(CO)c3ccccc3)nn12. The van der Waals surface area contributed by atoms with Crippen LogP contribution in [0.2, 0.25) is 0 Å². The monoisotopic (exact) mass is 282 g/mol. The molecule has 0 aliphatic heterocycles. The molecule has 1 atom stereocenters. The van der Waals surface area contributed by atoms with E-state index in [-0.39, 0.29) is 6.61 Å². The van der Waals surface area contributed by atoms with Crippen LogP contribution in [0.5, 0.6) is 0 Å².